The SMILES string of the molecule is CN(c1ccc(F)cc1N(C=O)Cc1ccc(-c2nnc(C(F)F)o2)cc1F)C1CCN(C2CCC2)CC1. The number of benzene rings is 2. The quantitative estimate of drug-likeness (QED) is 0.266. The minimum absolute atomic E-state index is 0.128. The molecule has 2 heterocycles. The molecule has 1 aliphatic carbocycles. The molecule has 1 aromatic heterocycles. The molecule has 5 rings (SSSR count). The Morgan fingerprint density at radius 2 is 1.82 bits per heavy atom. The highest BCUT2D eigenvalue weighted by atomic mass is 19.3. The van der Waals surface area contributed by atoms with Crippen LogP contribution >= 0.6 is 0 Å². The van der Waals surface area contributed by atoms with Crippen molar-refractivity contribution in [2.75, 3.05) is 29.9 Å². The fourth-order valence-corrected chi connectivity index (χ4v) is 5.22. The topological polar surface area (TPSA) is 65.7 Å². The van der Waals surface area contributed by atoms with E-state index in [1.165, 1.54) is 48.4 Å². The second-order valence-corrected chi connectivity index (χ2v) is 9.88. The van der Waals surface area contributed by atoms with Gasteiger partial charge in [0.1, 0.15) is 11.6 Å². The third-order valence-electron chi connectivity index (χ3n) is 7.66. The fourth-order valence-electron chi connectivity index (χ4n) is 5.22. The second kappa shape index (κ2) is 11.1. The third kappa shape index (κ3) is 5.38. The van der Waals surface area contributed by atoms with E-state index in [0.717, 1.165) is 32.0 Å². The molecule has 2 fully saturated rings. The van der Waals surface area contributed by atoms with Crippen molar-refractivity contribution in [2.24, 2.45) is 0 Å². The van der Waals surface area contributed by atoms with Crippen LogP contribution in [0.3, 0.4) is 0 Å². The van der Waals surface area contributed by atoms with Crippen molar-refractivity contribution in [1.29, 1.82) is 0 Å². The van der Waals surface area contributed by atoms with E-state index in [1.54, 1.807) is 6.07 Å². The van der Waals surface area contributed by atoms with Gasteiger partial charge < -0.3 is 19.1 Å². The zero-order valence-electron chi connectivity index (χ0n) is 21.0. The van der Waals surface area contributed by atoms with Gasteiger partial charge >= 0.3 is 6.43 Å². The Morgan fingerprint density at radius 3 is 2.42 bits per heavy atom. The lowest BCUT2D eigenvalue weighted by molar-refractivity contribution is -0.107. The van der Waals surface area contributed by atoms with Crippen LogP contribution in [0.2, 0.25) is 0 Å². The average molecular weight is 532 g/mol. The number of alkyl halides is 2. The summed E-state index contributed by atoms with van der Waals surface area (Å²) in [6.07, 6.45) is 3.36. The van der Waals surface area contributed by atoms with Crippen LogP contribution in [0.25, 0.3) is 11.5 Å². The third-order valence-corrected chi connectivity index (χ3v) is 7.66. The van der Waals surface area contributed by atoms with Crippen molar-refractivity contribution in [3.63, 3.8) is 0 Å². The lowest BCUT2D eigenvalue weighted by atomic mass is 9.89. The molecule has 2 aromatic carbocycles. The number of likely N-dealkylation sites (tertiary alicyclic amines) is 1. The van der Waals surface area contributed by atoms with Gasteiger partial charge in [0.05, 0.1) is 17.9 Å². The monoisotopic (exact) mass is 531 g/mol. The molecule has 0 atom stereocenters. The van der Waals surface area contributed by atoms with Gasteiger partial charge in [-0.25, -0.2) is 8.78 Å². The van der Waals surface area contributed by atoms with Gasteiger partial charge in [-0.05, 0) is 56.0 Å². The summed E-state index contributed by atoms with van der Waals surface area (Å²) in [5.74, 6) is -2.30. The first-order valence-corrected chi connectivity index (χ1v) is 12.7. The zero-order valence-corrected chi connectivity index (χ0v) is 21.0. The molecule has 1 aliphatic heterocycles. The number of piperidine rings is 1. The summed E-state index contributed by atoms with van der Waals surface area (Å²) in [6.45, 7) is 1.85. The molecule has 1 amide bonds. The minimum atomic E-state index is -2.93. The van der Waals surface area contributed by atoms with Crippen molar-refractivity contribution in [3.05, 3.63) is 59.5 Å². The molecule has 11 heteroatoms. The van der Waals surface area contributed by atoms with Crippen LogP contribution in [0, 0.1) is 11.6 Å². The van der Waals surface area contributed by atoms with E-state index in [9.17, 15) is 18.0 Å². The van der Waals surface area contributed by atoms with Crippen LogP contribution in [-0.2, 0) is 11.3 Å². The molecule has 0 spiro atoms. The van der Waals surface area contributed by atoms with Crippen molar-refractivity contribution >= 4 is 17.8 Å². The van der Waals surface area contributed by atoms with Crippen molar-refractivity contribution in [1.82, 2.24) is 15.1 Å². The number of halogens is 4. The maximum absolute atomic E-state index is 15.0. The van der Waals surface area contributed by atoms with Crippen molar-refractivity contribution in [3.8, 4) is 11.5 Å². The number of hydrogen-bond donors (Lipinski definition) is 0. The van der Waals surface area contributed by atoms with Crippen LogP contribution < -0.4 is 9.80 Å². The molecule has 1 saturated carbocycles. The van der Waals surface area contributed by atoms with Crippen molar-refractivity contribution < 1.29 is 26.8 Å². The highest BCUT2D eigenvalue weighted by Crippen LogP contribution is 2.35. The summed E-state index contributed by atoms with van der Waals surface area (Å²) in [5, 5.41) is 6.78. The maximum atomic E-state index is 15.0. The summed E-state index contributed by atoms with van der Waals surface area (Å²) in [4.78, 5) is 18.0. The number of carbonyl (C=O) groups is 1. The van der Waals surface area contributed by atoms with E-state index in [1.807, 2.05) is 7.05 Å². The van der Waals surface area contributed by atoms with Crippen LogP contribution in [-0.4, -0.2) is 53.7 Å². The number of nitrogens with zero attached hydrogens (tertiary/aromatic N) is 5. The molecular formula is C27H29F4N5O2. The normalized spacial score (nSPS) is 17.0. The fraction of sp³-hybridized carbons (Fsp3) is 0.444. The van der Waals surface area contributed by atoms with Gasteiger partial charge in [0.2, 0.25) is 12.3 Å². The Hall–Kier alpha value is -3.47. The lowest BCUT2D eigenvalue weighted by Crippen LogP contribution is -2.49. The van der Waals surface area contributed by atoms with Gasteiger partial charge in [-0.1, -0.05) is 12.5 Å². The Morgan fingerprint density at radius 1 is 1.05 bits per heavy atom. The molecule has 38 heavy (non-hydrogen) atoms. The van der Waals surface area contributed by atoms with E-state index in [-0.39, 0.29) is 29.6 Å². The summed E-state index contributed by atoms with van der Waals surface area (Å²) in [6, 6.07) is 9.14. The molecule has 0 N–H and O–H groups in total. The summed E-state index contributed by atoms with van der Waals surface area (Å²) >= 11 is 0. The molecule has 2 aliphatic rings. The van der Waals surface area contributed by atoms with Gasteiger partial charge in [0.25, 0.3) is 5.89 Å². The van der Waals surface area contributed by atoms with Gasteiger partial charge in [-0.3, -0.25) is 4.79 Å². The van der Waals surface area contributed by atoms with Crippen molar-refractivity contribution in [2.45, 2.75) is 57.2 Å². The van der Waals surface area contributed by atoms with E-state index in [0.29, 0.717) is 23.8 Å². The van der Waals surface area contributed by atoms with Gasteiger partial charge in [0, 0.05) is 43.3 Å². The molecular weight excluding hydrogens is 502 g/mol. The summed E-state index contributed by atoms with van der Waals surface area (Å²) < 4.78 is 59.7. The Labute approximate surface area is 218 Å². The van der Waals surface area contributed by atoms with E-state index in [4.69, 9.17) is 4.42 Å². The summed E-state index contributed by atoms with van der Waals surface area (Å²) in [7, 11) is 1.94. The number of aromatic nitrogens is 2. The number of carbonyl (C=O) groups excluding carboxylic acids is 1. The first-order chi connectivity index (χ1) is 18.3. The lowest BCUT2D eigenvalue weighted by Gasteiger charge is -2.44. The van der Waals surface area contributed by atoms with Gasteiger partial charge in [0.15, 0.2) is 0 Å². The Kier molecular flexibility index (Phi) is 7.64. The molecule has 202 valence electrons. The molecule has 1 saturated heterocycles. The number of amides is 1. The van der Waals surface area contributed by atoms with Crippen LogP contribution in [0.15, 0.2) is 40.8 Å². The first kappa shape index (κ1) is 26.1. The van der Waals surface area contributed by atoms with Gasteiger partial charge in [-0.2, -0.15) is 8.78 Å². The molecule has 3 aromatic rings. The highest BCUT2D eigenvalue weighted by Gasteiger charge is 2.31. The molecule has 0 radical (unpaired) electrons. The predicted octanol–water partition coefficient (Wildman–Crippen LogP) is 5.57. The number of hydrogen-bond acceptors (Lipinski definition) is 6. The molecule has 0 bridgehead atoms. The smallest absolute Gasteiger partial charge is 0.314 e. The average Bonchev–Trinajstić information content (AvgIpc) is 3.38. The molecule has 0 unspecified atom stereocenters. The van der Waals surface area contributed by atoms with E-state index in [2.05, 4.69) is 20.0 Å². The zero-order chi connectivity index (χ0) is 26.8. The predicted molar refractivity (Wildman–Crippen MR) is 134 cm³/mol. The standard InChI is InChI=1S/C27H29F4N5O2/c1-34(20-9-11-35(12-10-20)21-3-2-4-21)23-8-7-19(28)14-24(23)36(16-37)15-18-6-5-17(13-22(18)29)26-32-33-27(38-26)25(30)31/h5-8,13-14,16,20-21,25H,2-4,9-12,15H2,1H3. The van der Waals surface area contributed by atoms with Crippen LogP contribution in [0.4, 0.5) is 28.9 Å². The van der Waals surface area contributed by atoms with Gasteiger partial charge in [-0.15, -0.1) is 10.2 Å². The largest absolute Gasteiger partial charge is 0.415 e. The minimum Gasteiger partial charge on any atom is -0.415 e. The second-order valence-electron chi connectivity index (χ2n) is 9.88. The Bertz CT molecular complexity index is 1270. The van der Waals surface area contributed by atoms with E-state index < -0.39 is 24.0 Å². The maximum Gasteiger partial charge on any atom is 0.314 e. The number of rotatable bonds is 9. The highest BCUT2D eigenvalue weighted by molar-refractivity contribution is 5.84. The molecule has 7 nitrogen and oxygen atoms in total. The first-order valence-electron chi connectivity index (χ1n) is 12.7. The van der Waals surface area contributed by atoms with E-state index >= 15 is 4.39 Å². The summed E-state index contributed by atoms with van der Waals surface area (Å²) in [5.41, 5.74) is 1.30. The van der Waals surface area contributed by atoms with Crippen LogP contribution in [0.5, 0.6) is 0 Å². The Balaban J connectivity index is 1.33. The number of anilines is 2. The van der Waals surface area contributed by atoms with Crippen LogP contribution in [0.1, 0.15) is 50.0 Å².